The molecule has 0 aromatic heterocycles. The maximum absolute atomic E-state index is 12.3. The highest BCUT2D eigenvalue weighted by molar-refractivity contribution is 7.93. The topological polar surface area (TPSA) is 43.4 Å². The standard InChI is InChI=1S/C17H22O3S/c1-2-9-20-15-6-3-5-13(10-15)14-11-16-7-4-8-17(12-14)21(16,18)19/h3,5-6,10-11,16-17H,2,4,7-9,12H2,1H3. The number of allylic oxidation sites excluding steroid dienone is 1. The van der Waals surface area contributed by atoms with Crippen LogP contribution in [0.2, 0.25) is 0 Å². The van der Waals surface area contributed by atoms with Crippen LogP contribution in [0.25, 0.3) is 5.57 Å². The third kappa shape index (κ3) is 2.86. The molecule has 0 amide bonds. The van der Waals surface area contributed by atoms with E-state index in [-0.39, 0.29) is 10.5 Å². The highest BCUT2D eigenvalue weighted by Gasteiger charge is 2.40. The van der Waals surface area contributed by atoms with E-state index >= 15 is 0 Å². The minimum absolute atomic E-state index is 0.184. The van der Waals surface area contributed by atoms with Gasteiger partial charge in [0.1, 0.15) is 5.75 Å². The van der Waals surface area contributed by atoms with Crippen molar-refractivity contribution in [2.24, 2.45) is 0 Å². The van der Waals surface area contributed by atoms with E-state index in [4.69, 9.17) is 4.74 Å². The van der Waals surface area contributed by atoms with E-state index in [0.717, 1.165) is 37.0 Å². The van der Waals surface area contributed by atoms with Gasteiger partial charge in [-0.25, -0.2) is 8.42 Å². The van der Waals surface area contributed by atoms with Crippen molar-refractivity contribution in [2.45, 2.75) is 49.5 Å². The second-order valence-electron chi connectivity index (χ2n) is 5.95. The van der Waals surface area contributed by atoms with Crippen molar-refractivity contribution in [3.63, 3.8) is 0 Å². The summed E-state index contributed by atoms with van der Waals surface area (Å²) in [4.78, 5) is 0. The lowest BCUT2D eigenvalue weighted by atomic mass is 9.93. The van der Waals surface area contributed by atoms with Crippen molar-refractivity contribution in [1.82, 2.24) is 0 Å². The molecule has 0 radical (unpaired) electrons. The van der Waals surface area contributed by atoms with Gasteiger partial charge in [-0.3, -0.25) is 0 Å². The fraction of sp³-hybridized carbons (Fsp3) is 0.529. The summed E-state index contributed by atoms with van der Waals surface area (Å²) in [5.74, 6) is 0.869. The van der Waals surface area contributed by atoms with Crippen LogP contribution in [0.4, 0.5) is 0 Å². The first-order valence-electron chi connectivity index (χ1n) is 7.78. The van der Waals surface area contributed by atoms with Gasteiger partial charge in [-0.05, 0) is 49.0 Å². The molecule has 2 aliphatic heterocycles. The maximum Gasteiger partial charge on any atom is 0.159 e. The van der Waals surface area contributed by atoms with Crippen molar-refractivity contribution in [1.29, 1.82) is 0 Å². The monoisotopic (exact) mass is 306 g/mol. The van der Waals surface area contributed by atoms with Crippen LogP contribution in [0.1, 0.15) is 44.6 Å². The maximum atomic E-state index is 12.3. The fourth-order valence-electron chi connectivity index (χ4n) is 3.28. The summed E-state index contributed by atoms with van der Waals surface area (Å²) in [6.07, 6.45) is 6.21. The van der Waals surface area contributed by atoms with Gasteiger partial charge in [0.2, 0.25) is 0 Å². The highest BCUT2D eigenvalue weighted by Crippen LogP contribution is 2.39. The smallest absolute Gasteiger partial charge is 0.159 e. The summed E-state index contributed by atoms with van der Waals surface area (Å²) < 4.78 is 30.3. The summed E-state index contributed by atoms with van der Waals surface area (Å²) in [5, 5.41) is -0.461. The van der Waals surface area contributed by atoms with Crippen LogP contribution in [0.15, 0.2) is 30.3 Å². The molecule has 114 valence electrons. The van der Waals surface area contributed by atoms with Gasteiger partial charge in [0.15, 0.2) is 9.84 Å². The van der Waals surface area contributed by atoms with E-state index in [1.807, 2.05) is 24.3 Å². The van der Waals surface area contributed by atoms with Crippen molar-refractivity contribution >= 4 is 15.4 Å². The Labute approximate surface area is 126 Å². The number of sulfone groups is 1. The zero-order valence-electron chi connectivity index (χ0n) is 12.4. The minimum atomic E-state index is -2.94. The molecule has 2 aliphatic rings. The molecule has 2 atom stereocenters. The molecule has 1 aromatic rings. The summed E-state index contributed by atoms with van der Waals surface area (Å²) in [6.45, 7) is 2.79. The van der Waals surface area contributed by atoms with Crippen molar-refractivity contribution < 1.29 is 13.2 Å². The van der Waals surface area contributed by atoms with Gasteiger partial charge < -0.3 is 4.74 Å². The number of rotatable bonds is 4. The van der Waals surface area contributed by atoms with E-state index in [2.05, 4.69) is 13.0 Å². The summed E-state index contributed by atoms with van der Waals surface area (Å²) in [5.41, 5.74) is 2.27. The van der Waals surface area contributed by atoms with Crippen LogP contribution in [0.5, 0.6) is 5.75 Å². The highest BCUT2D eigenvalue weighted by atomic mass is 32.2. The molecule has 3 nitrogen and oxygen atoms in total. The molecule has 0 aliphatic carbocycles. The van der Waals surface area contributed by atoms with Gasteiger partial charge in [-0.2, -0.15) is 0 Å². The number of hydrogen-bond acceptors (Lipinski definition) is 3. The minimum Gasteiger partial charge on any atom is -0.494 e. The van der Waals surface area contributed by atoms with E-state index in [1.54, 1.807) is 0 Å². The average Bonchev–Trinajstić information content (AvgIpc) is 2.44. The summed E-state index contributed by atoms with van der Waals surface area (Å²) in [7, 11) is -2.94. The number of benzene rings is 1. The van der Waals surface area contributed by atoms with Crippen LogP contribution in [-0.4, -0.2) is 25.5 Å². The molecular formula is C17H22O3S. The first-order valence-corrected chi connectivity index (χ1v) is 9.39. The predicted molar refractivity (Wildman–Crippen MR) is 85.2 cm³/mol. The molecule has 1 aromatic carbocycles. The first-order chi connectivity index (χ1) is 10.1. The van der Waals surface area contributed by atoms with Gasteiger partial charge in [0.25, 0.3) is 0 Å². The molecule has 3 rings (SSSR count). The van der Waals surface area contributed by atoms with E-state index in [0.29, 0.717) is 13.0 Å². The number of fused-ring (bicyclic) bond motifs is 2. The first kappa shape index (κ1) is 14.6. The SMILES string of the molecule is CCCOc1cccc(C2=CC3CCCC(C2)S3(=O)=O)c1. The molecule has 4 heteroatoms. The lowest BCUT2D eigenvalue weighted by Gasteiger charge is -2.33. The van der Waals surface area contributed by atoms with Gasteiger partial charge in [-0.15, -0.1) is 0 Å². The number of hydrogen-bond donors (Lipinski definition) is 0. The van der Waals surface area contributed by atoms with Crippen molar-refractivity contribution in [3.05, 3.63) is 35.9 Å². The molecule has 21 heavy (non-hydrogen) atoms. The Kier molecular flexibility index (Phi) is 4.07. The number of ether oxygens (including phenoxy) is 1. The predicted octanol–water partition coefficient (Wildman–Crippen LogP) is 3.60. The van der Waals surface area contributed by atoms with Gasteiger partial charge in [0.05, 0.1) is 17.1 Å². The average molecular weight is 306 g/mol. The van der Waals surface area contributed by atoms with Crippen LogP contribution in [0.3, 0.4) is 0 Å². The van der Waals surface area contributed by atoms with Crippen LogP contribution >= 0.6 is 0 Å². The third-order valence-corrected chi connectivity index (χ3v) is 6.96. The molecule has 2 heterocycles. The quantitative estimate of drug-likeness (QED) is 0.853. The Hall–Kier alpha value is -1.29. The molecule has 0 N–H and O–H groups in total. The van der Waals surface area contributed by atoms with Crippen molar-refractivity contribution in [2.75, 3.05) is 6.61 Å². The second-order valence-corrected chi connectivity index (χ2v) is 8.40. The zero-order chi connectivity index (χ0) is 14.9. The van der Waals surface area contributed by atoms with E-state index in [9.17, 15) is 8.42 Å². The fourth-order valence-corrected chi connectivity index (χ4v) is 5.53. The normalized spacial score (nSPS) is 27.0. The Morgan fingerprint density at radius 2 is 2.14 bits per heavy atom. The Balaban J connectivity index is 1.89. The molecular weight excluding hydrogens is 284 g/mol. The summed E-state index contributed by atoms with van der Waals surface area (Å²) in [6, 6.07) is 8.04. The van der Waals surface area contributed by atoms with E-state index in [1.165, 1.54) is 5.57 Å². The lowest BCUT2D eigenvalue weighted by Crippen LogP contribution is -2.38. The molecule has 1 fully saturated rings. The van der Waals surface area contributed by atoms with Gasteiger partial charge in [-0.1, -0.05) is 31.6 Å². The van der Waals surface area contributed by atoms with Crippen molar-refractivity contribution in [3.8, 4) is 5.75 Å². The Morgan fingerprint density at radius 1 is 1.29 bits per heavy atom. The second kappa shape index (κ2) is 5.84. The molecule has 2 unspecified atom stereocenters. The van der Waals surface area contributed by atoms with Crippen LogP contribution < -0.4 is 4.74 Å². The van der Waals surface area contributed by atoms with Crippen LogP contribution in [-0.2, 0) is 9.84 Å². The largest absolute Gasteiger partial charge is 0.494 e. The zero-order valence-corrected chi connectivity index (χ0v) is 13.2. The van der Waals surface area contributed by atoms with Gasteiger partial charge >= 0.3 is 0 Å². The molecule has 0 spiro atoms. The Bertz CT molecular complexity index is 646. The molecule has 1 saturated heterocycles. The molecule has 0 saturated carbocycles. The summed E-state index contributed by atoms with van der Waals surface area (Å²) >= 11 is 0. The van der Waals surface area contributed by atoms with E-state index < -0.39 is 9.84 Å². The Morgan fingerprint density at radius 3 is 2.90 bits per heavy atom. The van der Waals surface area contributed by atoms with Gasteiger partial charge in [0, 0.05) is 0 Å². The third-order valence-electron chi connectivity index (χ3n) is 4.41. The lowest BCUT2D eigenvalue weighted by molar-refractivity contribution is 0.317. The van der Waals surface area contributed by atoms with Crippen LogP contribution in [0, 0.1) is 0 Å². The molecule has 2 bridgehead atoms.